The van der Waals surface area contributed by atoms with Gasteiger partial charge in [0.05, 0.1) is 32.6 Å². The molecule has 4 aliphatic rings. The Morgan fingerprint density at radius 3 is 2.46 bits per heavy atom. The van der Waals surface area contributed by atoms with E-state index in [1.807, 2.05) is 6.08 Å². The summed E-state index contributed by atoms with van der Waals surface area (Å²) in [5.41, 5.74) is 6.46. The van der Waals surface area contributed by atoms with E-state index in [1.165, 1.54) is 24.8 Å². The highest BCUT2D eigenvalue weighted by Crippen LogP contribution is 2.65. The second kappa shape index (κ2) is 15.9. The first-order chi connectivity index (χ1) is 23.9. The molecule has 6 unspecified atom stereocenters. The van der Waals surface area contributed by atoms with Gasteiger partial charge in [-0.05, 0) is 86.3 Å². The van der Waals surface area contributed by atoms with Crippen molar-refractivity contribution >= 4 is 35.2 Å². The Balaban J connectivity index is 0.932. The lowest BCUT2D eigenvalue weighted by Gasteiger charge is -2.57. The van der Waals surface area contributed by atoms with Crippen molar-refractivity contribution < 1.29 is 48.0 Å². The molecule has 13 heteroatoms. The van der Waals surface area contributed by atoms with Gasteiger partial charge in [0.25, 0.3) is 5.91 Å². The number of carbonyl (C=O) groups excluding carboxylic acids is 5. The zero-order chi connectivity index (χ0) is 36.1. The number of hydrogen-bond acceptors (Lipinski definition) is 10. The van der Waals surface area contributed by atoms with Crippen LogP contribution >= 0.6 is 0 Å². The predicted molar refractivity (Wildman–Crippen MR) is 182 cm³/mol. The van der Waals surface area contributed by atoms with E-state index in [1.54, 1.807) is 0 Å². The van der Waals surface area contributed by atoms with Crippen molar-refractivity contribution in [1.29, 1.82) is 0 Å². The smallest absolute Gasteiger partial charge is 0.332 e. The summed E-state index contributed by atoms with van der Waals surface area (Å²) < 4.78 is 22.0. The minimum absolute atomic E-state index is 0.0250. The maximum Gasteiger partial charge on any atom is 0.332 e. The van der Waals surface area contributed by atoms with Crippen molar-refractivity contribution in [1.82, 2.24) is 5.32 Å². The lowest BCUT2D eigenvalue weighted by Crippen LogP contribution is -2.51. The topological polar surface area (TPSA) is 193 Å². The fourth-order valence-corrected chi connectivity index (χ4v) is 9.15. The molecule has 0 radical (unpaired) electrons. The molecule has 0 aromatic heterocycles. The Kier molecular flexibility index (Phi) is 11.9. The molecule has 6 atom stereocenters. The van der Waals surface area contributed by atoms with Crippen LogP contribution in [0, 0.1) is 28.6 Å². The van der Waals surface area contributed by atoms with Crippen LogP contribution in [-0.2, 0) is 33.4 Å². The molecule has 0 bridgehead atoms. The van der Waals surface area contributed by atoms with Crippen molar-refractivity contribution in [2.75, 3.05) is 45.4 Å². The van der Waals surface area contributed by atoms with Gasteiger partial charge in [-0.15, -0.1) is 0 Å². The first kappa shape index (κ1) is 37.3. The van der Waals surface area contributed by atoms with Crippen LogP contribution in [0.5, 0.6) is 11.5 Å². The number of ether oxygens (including phenoxy) is 4. The molecule has 0 saturated heterocycles. The number of fused-ring (bicyclic) bond motifs is 5. The zero-order valence-electron chi connectivity index (χ0n) is 29.3. The van der Waals surface area contributed by atoms with Gasteiger partial charge in [0.2, 0.25) is 11.8 Å². The molecular formula is C37H51N3O10. The van der Waals surface area contributed by atoms with E-state index in [4.69, 9.17) is 24.7 Å². The summed E-state index contributed by atoms with van der Waals surface area (Å²) in [6, 6.07) is 2.75. The lowest BCUT2D eigenvalue weighted by atomic mass is 9.47. The second-order valence-corrected chi connectivity index (χ2v) is 14.5. The molecule has 0 spiro atoms. The Hall–Kier alpha value is -3.97. The SMILES string of the molecule is COc1ccc(NC(=O)CCC(=O)NCCOCCOCC(=O)OC2CCC3C4CCC5=CC(=O)CCC5(C)C4CCC23C)c(O)c1C(N)=O. The molecule has 3 amide bonds. The number of benzene rings is 1. The summed E-state index contributed by atoms with van der Waals surface area (Å²) in [5, 5.41) is 15.4. The number of methoxy groups -OCH3 is 1. The largest absolute Gasteiger partial charge is 0.505 e. The molecule has 4 aliphatic carbocycles. The lowest BCUT2D eigenvalue weighted by molar-refractivity contribution is -0.165. The molecule has 5 rings (SSSR count). The highest BCUT2D eigenvalue weighted by atomic mass is 16.6. The van der Waals surface area contributed by atoms with Gasteiger partial charge >= 0.3 is 5.97 Å². The number of amides is 3. The Morgan fingerprint density at radius 1 is 0.940 bits per heavy atom. The molecule has 5 N–H and O–H groups in total. The van der Waals surface area contributed by atoms with Crippen molar-refractivity contribution in [3.8, 4) is 11.5 Å². The fraction of sp³-hybridized carbons (Fsp3) is 0.649. The van der Waals surface area contributed by atoms with Gasteiger partial charge in [-0.3, -0.25) is 19.2 Å². The van der Waals surface area contributed by atoms with E-state index < -0.39 is 17.6 Å². The van der Waals surface area contributed by atoms with E-state index in [0.717, 1.165) is 44.9 Å². The molecule has 1 aromatic carbocycles. The van der Waals surface area contributed by atoms with E-state index in [-0.39, 0.29) is 97.4 Å². The number of allylic oxidation sites excluding steroid dienone is 1. The third-order valence-corrected chi connectivity index (χ3v) is 11.8. The molecule has 50 heavy (non-hydrogen) atoms. The maximum atomic E-state index is 12.7. The van der Waals surface area contributed by atoms with Gasteiger partial charge < -0.3 is 40.4 Å². The zero-order valence-corrected chi connectivity index (χ0v) is 29.3. The summed E-state index contributed by atoms with van der Waals surface area (Å²) in [6.07, 6.45) is 9.37. The number of nitrogens with two attached hydrogens (primary N) is 1. The van der Waals surface area contributed by atoms with Gasteiger partial charge in [0, 0.05) is 31.2 Å². The van der Waals surface area contributed by atoms with Crippen LogP contribution in [0.15, 0.2) is 23.8 Å². The van der Waals surface area contributed by atoms with E-state index in [2.05, 4.69) is 24.5 Å². The van der Waals surface area contributed by atoms with E-state index >= 15 is 0 Å². The van der Waals surface area contributed by atoms with Crippen LogP contribution in [0.4, 0.5) is 5.69 Å². The van der Waals surface area contributed by atoms with Gasteiger partial charge in [0.15, 0.2) is 11.5 Å². The number of ketones is 1. The van der Waals surface area contributed by atoms with Crippen molar-refractivity contribution in [3.63, 3.8) is 0 Å². The minimum atomic E-state index is -0.915. The molecule has 3 saturated carbocycles. The number of anilines is 1. The molecule has 3 fully saturated rings. The summed E-state index contributed by atoms with van der Waals surface area (Å²) >= 11 is 0. The van der Waals surface area contributed by atoms with Crippen LogP contribution in [0.2, 0.25) is 0 Å². The fourth-order valence-electron chi connectivity index (χ4n) is 9.15. The number of hydrogen-bond donors (Lipinski definition) is 4. The summed E-state index contributed by atoms with van der Waals surface area (Å²) in [6.45, 7) is 5.41. The van der Waals surface area contributed by atoms with Crippen molar-refractivity contribution in [3.05, 3.63) is 29.3 Å². The highest BCUT2D eigenvalue weighted by molar-refractivity contribution is 6.03. The van der Waals surface area contributed by atoms with Gasteiger partial charge in [-0.25, -0.2) is 4.79 Å². The monoisotopic (exact) mass is 697 g/mol. The number of nitrogens with one attached hydrogen (secondary N) is 2. The number of primary amides is 1. The van der Waals surface area contributed by atoms with Crippen LogP contribution in [0.1, 0.15) is 88.4 Å². The second-order valence-electron chi connectivity index (χ2n) is 14.5. The molecule has 1 aromatic rings. The van der Waals surface area contributed by atoms with Crippen molar-refractivity contribution in [2.24, 2.45) is 34.3 Å². The van der Waals surface area contributed by atoms with E-state index in [0.29, 0.717) is 24.2 Å². The molecule has 0 aliphatic heterocycles. The standard InChI is InChI=1S/C37H51N3O10/c1-36-14-12-23(41)20-22(36)4-5-24-25-6-9-29(37(25,2)15-13-26(24)36)50-32(44)21-49-19-18-48-17-16-39-30(42)10-11-31(43)40-27-7-8-28(47-3)33(34(27)45)35(38)46/h7-8,20,24-26,29,45H,4-6,9-19,21H2,1-3H3,(H2,38,46)(H,39,42)(H,40,43). The highest BCUT2D eigenvalue weighted by Gasteiger charge is 2.60. The summed E-state index contributed by atoms with van der Waals surface area (Å²) in [4.78, 5) is 60.9. The number of aromatic hydroxyl groups is 1. The summed E-state index contributed by atoms with van der Waals surface area (Å²) in [7, 11) is 1.32. The minimum Gasteiger partial charge on any atom is -0.505 e. The summed E-state index contributed by atoms with van der Waals surface area (Å²) in [5.74, 6) is -0.631. The number of esters is 1. The first-order valence-electron chi connectivity index (χ1n) is 17.7. The van der Waals surface area contributed by atoms with Gasteiger partial charge in [-0.2, -0.15) is 0 Å². The molecular weight excluding hydrogens is 646 g/mol. The normalized spacial score (nSPS) is 28.4. The van der Waals surface area contributed by atoms with Crippen LogP contribution in [-0.4, -0.2) is 80.8 Å². The maximum absolute atomic E-state index is 12.7. The average Bonchev–Trinajstić information content (AvgIpc) is 3.41. The number of rotatable bonds is 15. The van der Waals surface area contributed by atoms with Gasteiger partial charge in [0.1, 0.15) is 24.0 Å². The average molecular weight is 698 g/mol. The van der Waals surface area contributed by atoms with E-state index in [9.17, 15) is 29.1 Å². The Bertz CT molecular complexity index is 1510. The van der Waals surface area contributed by atoms with Crippen LogP contribution < -0.4 is 21.1 Å². The van der Waals surface area contributed by atoms with Crippen LogP contribution in [0.3, 0.4) is 0 Å². The Labute approximate surface area is 293 Å². The third-order valence-electron chi connectivity index (χ3n) is 11.8. The Morgan fingerprint density at radius 2 is 1.70 bits per heavy atom. The van der Waals surface area contributed by atoms with Crippen LogP contribution in [0.25, 0.3) is 0 Å². The quantitative estimate of drug-likeness (QED) is 0.119. The van der Waals surface area contributed by atoms with Crippen molar-refractivity contribution in [2.45, 2.75) is 84.2 Å². The number of phenols is 1. The molecule has 274 valence electrons. The first-order valence-corrected chi connectivity index (χ1v) is 17.7. The molecule has 0 heterocycles. The molecule has 13 nitrogen and oxygen atoms in total. The predicted octanol–water partition coefficient (Wildman–Crippen LogP) is 3.81. The van der Waals surface area contributed by atoms with Gasteiger partial charge in [-0.1, -0.05) is 19.4 Å². The third kappa shape index (κ3) is 7.99. The number of carbonyl (C=O) groups is 5.